The van der Waals surface area contributed by atoms with E-state index in [9.17, 15) is 8.42 Å². The van der Waals surface area contributed by atoms with Gasteiger partial charge in [0.05, 0.1) is 0 Å². The third kappa shape index (κ3) is 2.02. The van der Waals surface area contributed by atoms with Crippen LogP contribution < -0.4 is 9.92 Å². The summed E-state index contributed by atoms with van der Waals surface area (Å²) in [4.78, 5) is 0. The van der Waals surface area contributed by atoms with Gasteiger partial charge in [0.15, 0.2) is 0 Å². The minimum Gasteiger partial charge on any atom is -0.399 e. The lowest BCUT2D eigenvalue weighted by Crippen LogP contribution is -1.91. The Labute approximate surface area is 88.4 Å². The molecule has 2 aromatic carbocycles. The SMILES string of the molecule is Nc1ccc2cccc(O[SH](=O)=O)c2c1. The quantitative estimate of drug-likeness (QED) is 0.595. The van der Waals surface area contributed by atoms with Crippen LogP contribution in [-0.2, 0) is 11.0 Å². The van der Waals surface area contributed by atoms with Crippen molar-refractivity contribution in [3.8, 4) is 5.75 Å². The molecule has 0 aliphatic carbocycles. The number of hydrogen-bond donors (Lipinski definition) is 2. The largest absolute Gasteiger partial charge is 0.399 e. The summed E-state index contributed by atoms with van der Waals surface area (Å²) in [6.45, 7) is 0. The molecule has 0 heterocycles. The molecule has 78 valence electrons. The maximum absolute atomic E-state index is 10.5. The lowest BCUT2D eigenvalue weighted by Gasteiger charge is -2.04. The molecule has 5 heteroatoms. The Kier molecular flexibility index (Phi) is 2.47. The summed E-state index contributed by atoms with van der Waals surface area (Å²) in [5.74, 6) is 0.302. The summed E-state index contributed by atoms with van der Waals surface area (Å²) in [5.41, 5.74) is 6.19. The molecule has 0 fully saturated rings. The molecule has 0 aliphatic heterocycles. The maximum Gasteiger partial charge on any atom is 0.299 e. The molecule has 0 spiro atoms. The zero-order chi connectivity index (χ0) is 10.8. The molecule has 2 rings (SSSR count). The lowest BCUT2D eigenvalue weighted by atomic mass is 10.1. The van der Waals surface area contributed by atoms with E-state index >= 15 is 0 Å². The Hall–Kier alpha value is -1.75. The van der Waals surface area contributed by atoms with Gasteiger partial charge in [-0.05, 0) is 23.6 Å². The summed E-state index contributed by atoms with van der Waals surface area (Å²) < 4.78 is 25.6. The predicted molar refractivity (Wildman–Crippen MR) is 59.3 cm³/mol. The molecule has 0 radical (unpaired) electrons. The molecule has 0 atom stereocenters. The van der Waals surface area contributed by atoms with E-state index in [-0.39, 0.29) is 0 Å². The molecule has 2 aromatic rings. The standard InChI is InChI=1S/C10H9NO3S/c11-8-5-4-7-2-1-3-10(9(7)6-8)14-15(12)13/h1-6,15H,11H2. The van der Waals surface area contributed by atoms with Gasteiger partial charge in [-0.15, -0.1) is 0 Å². The van der Waals surface area contributed by atoms with Gasteiger partial charge in [0.2, 0.25) is 0 Å². The molecule has 2 N–H and O–H groups in total. The van der Waals surface area contributed by atoms with Gasteiger partial charge in [-0.25, -0.2) is 0 Å². The number of nitrogens with two attached hydrogens (primary N) is 1. The van der Waals surface area contributed by atoms with Crippen LogP contribution in [0.5, 0.6) is 5.75 Å². The molecule has 0 saturated heterocycles. The highest BCUT2D eigenvalue weighted by atomic mass is 32.2. The van der Waals surface area contributed by atoms with Gasteiger partial charge in [0.1, 0.15) is 5.75 Å². The summed E-state index contributed by atoms with van der Waals surface area (Å²) in [5, 5.41) is 1.58. The number of fused-ring (bicyclic) bond motifs is 1. The normalized spacial score (nSPS) is 10.7. The number of rotatable bonds is 2. The van der Waals surface area contributed by atoms with E-state index in [2.05, 4.69) is 4.18 Å². The molecule has 0 aromatic heterocycles. The summed E-state index contributed by atoms with van der Waals surface area (Å²) >= 11 is 0. The fourth-order valence-electron chi connectivity index (χ4n) is 1.42. The zero-order valence-corrected chi connectivity index (χ0v) is 8.61. The molecule has 0 unspecified atom stereocenters. The maximum atomic E-state index is 10.5. The first-order chi connectivity index (χ1) is 7.16. The minimum absolute atomic E-state index is 0.302. The third-order valence-corrected chi connectivity index (χ3v) is 2.38. The molecule has 4 nitrogen and oxygen atoms in total. The van der Waals surface area contributed by atoms with Crippen LogP contribution in [-0.4, -0.2) is 8.42 Å². The first-order valence-corrected chi connectivity index (χ1v) is 5.37. The third-order valence-electron chi connectivity index (χ3n) is 2.04. The van der Waals surface area contributed by atoms with E-state index in [0.29, 0.717) is 16.8 Å². The number of anilines is 1. The number of nitrogen functional groups attached to an aromatic ring is 1. The Bertz CT molecular complexity index is 570. The molecule has 0 amide bonds. The van der Waals surface area contributed by atoms with Gasteiger partial charge in [0.25, 0.3) is 11.0 Å². The molecule has 0 bridgehead atoms. The van der Waals surface area contributed by atoms with Crippen LogP contribution in [0.2, 0.25) is 0 Å². The van der Waals surface area contributed by atoms with Crippen LogP contribution in [0.3, 0.4) is 0 Å². The van der Waals surface area contributed by atoms with Crippen molar-refractivity contribution in [1.29, 1.82) is 0 Å². The van der Waals surface area contributed by atoms with Crippen LogP contribution in [0.15, 0.2) is 36.4 Å². The van der Waals surface area contributed by atoms with Gasteiger partial charge in [0, 0.05) is 11.1 Å². The topological polar surface area (TPSA) is 69.4 Å². The van der Waals surface area contributed by atoms with Crippen molar-refractivity contribution in [3.63, 3.8) is 0 Å². The van der Waals surface area contributed by atoms with Crippen LogP contribution in [0.4, 0.5) is 5.69 Å². The van der Waals surface area contributed by atoms with E-state index < -0.39 is 11.0 Å². The van der Waals surface area contributed by atoms with Crippen molar-refractivity contribution in [1.82, 2.24) is 0 Å². The molecule has 0 saturated carbocycles. The Balaban J connectivity index is 2.68. The second-order valence-corrected chi connectivity index (χ2v) is 3.68. The number of hydrogen-bond acceptors (Lipinski definition) is 4. The molecule has 15 heavy (non-hydrogen) atoms. The molecule has 0 aliphatic rings. The summed E-state index contributed by atoms with van der Waals surface area (Å²) in [6.07, 6.45) is 0. The average molecular weight is 223 g/mol. The highest BCUT2D eigenvalue weighted by Gasteiger charge is 2.02. The van der Waals surface area contributed by atoms with Gasteiger partial charge < -0.3 is 9.92 Å². The molecular formula is C10H9NO3S. The van der Waals surface area contributed by atoms with Crippen LogP contribution >= 0.6 is 0 Å². The van der Waals surface area contributed by atoms with Gasteiger partial charge in [-0.1, -0.05) is 18.2 Å². The van der Waals surface area contributed by atoms with Crippen LogP contribution in [0.1, 0.15) is 0 Å². The van der Waals surface area contributed by atoms with Gasteiger partial charge >= 0.3 is 0 Å². The zero-order valence-electron chi connectivity index (χ0n) is 7.71. The Morgan fingerprint density at radius 2 is 1.93 bits per heavy atom. The van der Waals surface area contributed by atoms with Crippen molar-refractivity contribution < 1.29 is 12.6 Å². The minimum atomic E-state index is -2.90. The fraction of sp³-hybridized carbons (Fsp3) is 0. The van der Waals surface area contributed by atoms with Crippen molar-refractivity contribution in [2.75, 3.05) is 5.73 Å². The summed E-state index contributed by atoms with van der Waals surface area (Å²) in [7, 11) is -2.90. The summed E-state index contributed by atoms with van der Waals surface area (Å²) in [6, 6.07) is 10.4. The van der Waals surface area contributed by atoms with Gasteiger partial charge in [-0.3, -0.25) is 0 Å². The van der Waals surface area contributed by atoms with Crippen molar-refractivity contribution in [2.24, 2.45) is 0 Å². The lowest BCUT2D eigenvalue weighted by molar-refractivity contribution is 0.513. The van der Waals surface area contributed by atoms with E-state index in [1.54, 1.807) is 24.3 Å². The van der Waals surface area contributed by atoms with Crippen LogP contribution in [0, 0.1) is 0 Å². The Morgan fingerprint density at radius 3 is 2.67 bits per heavy atom. The van der Waals surface area contributed by atoms with E-state index in [1.807, 2.05) is 12.1 Å². The van der Waals surface area contributed by atoms with E-state index in [4.69, 9.17) is 5.73 Å². The smallest absolute Gasteiger partial charge is 0.299 e. The van der Waals surface area contributed by atoms with Crippen molar-refractivity contribution in [3.05, 3.63) is 36.4 Å². The molecular weight excluding hydrogens is 214 g/mol. The van der Waals surface area contributed by atoms with E-state index in [1.165, 1.54) is 0 Å². The first-order valence-electron chi connectivity index (χ1n) is 4.27. The second-order valence-electron chi connectivity index (χ2n) is 3.05. The highest BCUT2D eigenvalue weighted by molar-refractivity contribution is 7.67. The first kappa shape index (κ1) is 9.79. The highest BCUT2D eigenvalue weighted by Crippen LogP contribution is 2.27. The van der Waals surface area contributed by atoms with Gasteiger partial charge in [-0.2, -0.15) is 8.42 Å². The predicted octanol–water partition coefficient (Wildman–Crippen LogP) is 1.33. The Morgan fingerprint density at radius 1 is 1.13 bits per heavy atom. The number of benzene rings is 2. The average Bonchev–Trinajstić information content (AvgIpc) is 2.18. The second kappa shape index (κ2) is 3.78. The number of thiol groups is 1. The fourth-order valence-corrected chi connectivity index (χ4v) is 1.74. The van der Waals surface area contributed by atoms with Crippen molar-refractivity contribution >= 4 is 27.4 Å². The van der Waals surface area contributed by atoms with E-state index in [0.717, 1.165) is 5.39 Å². The van der Waals surface area contributed by atoms with Crippen molar-refractivity contribution in [2.45, 2.75) is 0 Å². The monoisotopic (exact) mass is 223 g/mol. The van der Waals surface area contributed by atoms with Crippen LogP contribution in [0.25, 0.3) is 10.8 Å².